The molecule has 17 heavy (non-hydrogen) atoms. The van der Waals surface area contributed by atoms with Crippen molar-refractivity contribution < 1.29 is 9.90 Å². The molecular weight excluding hydrogens is 240 g/mol. The monoisotopic (exact) mass is 256 g/mol. The Morgan fingerprint density at radius 3 is 2.88 bits per heavy atom. The summed E-state index contributed by atoms with van der Waals surface area (Å²) in [6.45, 7) is 2.62. The molecule has 1 aromatic carbocycles. The van der Waals surface area contributed by atoms with E-state index in [1.165, 1.54) is 0 Å². The molecule has 1 atom stereocenters. The molecule has 1 unspecified atom stereocenters. The predicted molar refractivity (Wildman–Crippen MR) is 69.1 cm³/mol. The maximum atomic E-state index is 11.7. The fraction of sp³-hybridized carbons (Fsp3) is 0.417. The van der Waals surface area contributed by atoms with Crippen LogP contribution in [0.2, 0.25) is 5.02 Å². The van der Waals surface area contributed by atoms with Gasteiger partial charge in [0, 0.05) is 18.7 Å². The minimum Gasteiger partial charge on any atom is -0.398 e. The highest BCUT2D eigenvalue weighted by atomic mass is 35.5. The van der Waals surface area contributed by atoms with E-state index in [0.29, 0.717) is 29.2 Å². The number of halogens is 1. The highest BCUT2D eigenvalue weighted by molar-refractivity contribution is 6.33. The molecule has 0 aliphatic rings. The van der Waals surface area contributed by atoms with Crippen LogP contribution in [0.15, 0.2) is 18.2 Å². The molecule has 1 amide bonds. The fourth-order valence-corrected chi connectivity index (χ4v) is 1.49. The van der Waals surface area contributed by atoms with Crippen molar-refractivity contribution in [1.82, 2.24) is 5.32 Å². The third-order valence-electron chi connectivity index (χ3n) is 2.49. The van der Waals surface area contributed by atoms with Gasteiger partial charge in [-0.05, 0) is 30.5 Å². The van der Waals surface area contributed by atoms with E-state index in [9.17, 15) is 4.79 Å². The second kappa shape index (κ2) is 6.47. The van der Waals surface area contributed by atoms with Crippen LogP contribution in [0.3, 0.4) is 0 Å². The lowest BCUT2D eigenvalue weighted by Crippen LogP contribution is -2.28. The van der Waals surface area contributed by atoms with Gasteiger partial charge < -0.3 is 16.2 Å². The van der Waals surface area contributed by atoms with E-state index in [1.807, 2.05) is 6.92 Å². The standard InChI is InChI=1S/C12H17ClN2O2/c1-8(4-5-16)7-15-12(17)9-2-3-10(13)11(14)6-9/h2-3,6,8,16H,4-5,7,14H2,1H3,(H,15,17). The number of benzene rings is 1. The number of hydrogen-bond acceptors (Lipinski definition) is 3. The number of carbonyl (C=O) groups excluding carboxylic acids is 1. The first-order valence-corrected chi connectivity index (χ1v) is 5.86. The van der Waals surface area contributed by atoms with Crippen LogP contribution in [-0.2, 0) is 0 Å². The third kappa shape index (κ3) is 4.24. The van der Waals surface area contributed by atoms with Gasteiger partial charge in [-0.1, -0.05) is 18.5 Å². The molecule has 0 bridgehead atoms. The summed E-state index contributed by atoms with van der Waals surface area (Å²) >= 11 is 5.77. The predicted octanol–water partition coefficient (Wildman–Crippen LogP) is 1.67. The van der Waals surface area contributed by atoms with Crippen molar-refractivity contribution in [2.24, 2.45) is 5.92 Å². The number of nitrogens with two attached hydrogens (primary N) is 1. The molecule has 4 nitrogen and oxygen atoms in total. The zero-order valence-corrected chi connectivity index (χ0v) is 10.5. The average Bonchev–Trinajstić information content (AvgIpc) is 2.30. The van der Waals surface area contributed by atoms with Crippen LogP contribution >= 0.6 is 11.6 Å². The Bertz CT molecular complexity index is 396. The van der Waals surface area contributed by atoms with Gasteiger partial charge in [0.25, 0.3) is 5.91 Å². The Morgan fingerprint density at radius 2 is 2.29 bits per heavy atom. The molecule has 0 spiro atoms. The molecule has 0 fully saturated rings. The Balaban J connectivity index is 2.55. The van der Waals surface area contributed by atoms with Crippen molar-refractivity contribution >= 4 is 23.2 Å². The lowest BCUT2D eigenvalue weighted by Gasteiger charge is -2.11. The zero-order valence-electron chi connectivity index (χ0n) is 9.74. The lowest BCUT2D eigenvalue weighted by molar-refractivity contribution is 0.0945. The number of aliphatic hydroxyl groups excluding tert-OH is 1. The first-order valence-electron chi connectivity index (χ1n) is 5.48. The van der Waals surface area contributed by atoms with E-state index in [4.69, 9.17) is 22.4 Å². The maximum absolute atomic E-state index is 11.7. The molecule has 0 aliphatic heterocycles. The number of nitrogens with one attached hydrogen (secondary N) is 1. The van der Waals surface area contributed by atoms with E-state index in [2.05, 4.69) is 5.32 Å². The van der Waals surface area contributed by atoms with Gasteiger partial charge in [-0.3, -0.25) is 4.79 Å². The minimum atomic E-state index is -0.182. The van der Waals surface area contributed by atoms with Crippen LogP contribution in [0, 0.1) is 5.92 Å². The van der Waals surface area contributed by atoms with Gasteiger partial charge in [-0.25, -0.2) is 0 Å². The quantitative estimate of drug-likeness (QED) is 0.702. The minimum absolute atomic E-state index is 0.130. The van der Waals surface area contributed by atoms with Crippen molar-refractivity contribution in [3.63, 3.8) is 0 Å². The Kier molecular flexibility index (Phi) is 5.25. The summed E-state index contributed by atoms with van der Waals surface area (Å²) in [5.74, 6) is 0.0618. The number of rotatable bonds is 5. The number of amides is 1. The van der Waals surface area contributed by atoms with Gasteiger partial charge in [0.05, 0.1) is 10.7 Å². The molecule has 1 aromatic rings. The molecule has 0 aliphatic carbocycles. The van der Waals surface area contributed by atoms with Gasteiger partial charge in [-0.2, -0.15) is 0 Å². The first-order chi connectivity index (χ1) is 8.04. The van der Waals surface area contributed by atoms with Gasteiger partial charge in [0.1, 0.15) is 0 Å². The van der Waals surface area contributed by atoms with Gasteiger partial charge >= 0.3 is 0 Å². The normalized spacial score (nSPS) is 12.2. The van der Waals surface area contributed by atoms with Crippen LogP contribution in [-0.4, -0.2) is 24.2 Å². The highest BCUT2D eigenvalue weighted by Gasteiger charge is 2.09. The Labute approximate surface area is 106 Å². The van der Waals surface area contributed by atoms with Gasteiger partial charge in [0.2, 0.25) is 0 Å². The van der Waals surface area contributed by atoms with Crippen LogP contribution in [0.1, 0.15) is 23.7 Å². The van der Waals surface area contributed by atoms with Gasteiger partial charge in [0.15, 0.2) is 0 Å². The van der Waals surface area contributed by atoms with E-state index in [-0.39, 0.29) is 18.4 Å². The van der Waals surface area contributed by atoms with Crippen molar-refractivity contribution in [2.75, 3.05) is 18.9 Å². The van der Waals surface area contributed by atoms with Crippen molar-refractivity contribution in [1.29, 1.82) is 0 Å². The van der Waals surface area contributed by atoms with Crippen LogP contribution < -0.4 is 11.1 Å². The highest BCUT2D eigenvalue weighted by Crippen LogP contribution is 2.19. The third-order valence-corrected chi connectivity index (χ3v) is 2.84. The van der Waals surface area contributed by atoms with E-state index in [1.54, 1.807) is 18.2 Å². The molecule has 0 radical (unpaired) electrons. The molecule has 4 N–H and O–H groups in total. The maximum Gasteiger partial charge on any atom is 0.251 e. The summed E-state index contributed by atoms with van der Waals surface area (Å²) < 4.78 is 0. The topological polar surface area (TPSA) is 75.3 Å². The van der Waals surface area contributed by atoms with Crippen LogP contribution in [0.5, 0.6) is 0 Å². The summed E-state index contributed by atoms with van der Waals surface area (Å²) in [5, 5.41) is 12.0. The summed E-state index contributed by atoms with van der Waals surface area (Å²) in [4.78, 5) is 11.7. The van der Waals surface area contributed by atoms with Crippen LogP contribution in [0.25, 0.3) is 0 Å². The molecule has 94 valence electrons. The van der Waals surface area contributed by atoms with E-state index in [0.717, 1.165) is 0 Å². The zero-order chi connectivity index (χ0) is 12.8. The second-order valence-electron chi connectivity index (χ2n) is 4.06. The van der Waals surface area contributed by atoms with Crippen molar-refractivity contribution in [2.45, 2.75) is 13.3 Å². The molecular formula is C12H17ClN2O2. The molecule has 1 rings (SSSR count). The SMILES string of the molecule is CC(CCO)CNC(=O)c1ccc(Cl)c(N)c1. The fourth-order valence-electron chi connectivity index (χ4n) is 1.38. The number of hydrogen-bond donors (Lipinski definition) is 3. The lowest BCUT2D eigenvalue weighted by atomic mass is 10.1. The summed E-state index contributed by atoms with van der Waals surface area (Å²) in [7, 11) is 0. The number of nitrogen functional groups attached to an aromatic ring is 1. The summed E-state index contributed by atoms with van der Waals surface area (Å²) in [6.07, 6.45) is 0.670. The van der Waals surface area contributed by atoms with Crippen molar-refractivity contribution in [3.05, 3.63) is 28.8 Å². The smallest absolute Gasteiger partial charge is 0.251 e. The number of anilines is 1. The van der Waals surface area contributed by atoms with E-state index >= 15 is 0 Å². The number of aliphatic hydroxyl groups is 1. The van der Waals surface area contributed by atoms with Gasteiger partial charge in [-0.15, -0.1) is 0 Å². The molecule has 0 saturated carbocycles. The average molecular weight is 257 g/mol. The first kappa shape index (κ1) is 13.8. The van der Waals surface area contributed by atoms with Crippen LogP contribution in [0.4, 0.5) is 5.69 Å². The number of carbonyl (C=O) groups is 1. The second-order valence-corrected chi connectivity index (χ2v) is 4.47. The summed E-state index contributed by atoms with van der Waals surface area (Å²) in [5.41, 5.74) is 6.50. The Morgan fingerprint density at radius 1 is 1.59 bits per heavy atom. The molecule has 0 heterocycles. The molecule has 0 aromatic heterocycles. The molecule has 0 saturated heterocycles. The molecule has 5 heteroatoms. The largest absolute Gasteiger partial charge is 0.398 e. The van der Waals surface area contributed by atoms with Crippen molar-refractivity contribution in [3.8, 4) is 0 Å². The van der Waals surface area contributed by atoms with E-state index < -0.39 is 0 Å². The summed E-state index contributed by atoms with van der Waals surface area (Å²) in [6, 6.07) is 4.78. The Hall–Kier alpha value is -1.26.